The van der Waals surface area contributed by atoms with Gasteiger partial charge in [0.05, 0.1) is 29.9 Å². The van der Waals surface area contributed by atoms with Crippen LogP contribution in [-0.2, 0) is 28.7 Å². The van der Waals surface area contributed by atoms with Crippen LogP contribution in [0.4, 0.5) is 24.8 Å². The maximum atomic E-state index is 13.6. The summed E-state index contributed by atoms with van der Waals surface area (Å²) >= 11 is 0. The minimum absolute atomic E-state index is 0. The highest BCUT2D eigenvalue weighted by atomic mass is 79.9. The first-order valence-corrected chi connectivity index (χ1v) is 13.9. The fraction of sp³-hybridized carbons (Fsp3) is 0.182. The number of aromatic amines is 1. The monoisotopic (exact) mass is 690 g/mol. The van der Waals surface area contributed by atoms with Gasteiger partial charge < -0.3 is 21.7 Å². The zero-order valence-corrected chi connectivity index (χ0v) is 26.1. The van der Waals surface area contributed by atoms with Crippen LogP contribution in [0, 0.1) is 11.3 Å². The predicted octanol–water partition coefficient (Wildman–Crippen LogP) is 2.34. The zero-order chi connectivity index (χ0) is 31.9. The van der Waals surface area contributed by atoms with Crippen molar-refractivity contribution in [3.63, 3.8) is 0 Å². The van der Waals surface area contributed by atoms with Crippen molar-refractivity contribution in [2.45, 2.75) is 32.1 Å². The number of nitrogens with one attached hydrogen (secondary N) is 1. The summed E-state index contributed by atoms with van der Waals surface area (Å²) in [6.07, 6.45) is -0.231. The van der Waals surface area contributed by atoms with Crippen molar-refractivity contribution in [1.29, 1.82) is 5.26 Å². The van der Waals surface area contributed by atoms with Gasteiger partial charge in [0.15, 0.2) is 18.9 Å². The van der Waals surface area contributed by atoms with Gasteiger partial charge in [0.25, 0.3) is 0 Å². The van der Waals surface area contributed by atoms with E-state index in [2.05, 4.69) is 16.3 Å². The van der Waals surface area contributed by atoms with E-state index in [1.807, 2.05) is 47.3 Å². The molecule has 0 spiro atoms. The van der Waals surface area contributed by atoms with Crippen LogP contribution in [-0.4, -0.2) is 27.8 Å². The molecule has 3 heterocycles. The Bertz CT molecular complexity index is 2100. The van der Waals surface area contributed by atoms with Crippen LogP contribution in [0.25, 0.3) is 10.8 Å². The molecule has 1 aliphatic heterocycles. The Morgan fingerprint density at radius 3 is 2.57 bits per heavy atom. The number of ether oxygens (including phenoxy) is 1. The average Bonchev–Trinajstić information content (AvgIpc) is 3.42. The molecule has 3 aromatic carbocycles. The lowest BCUT2D eigenvalue weighted by Crippen LogP contribution is -3.00. The van der Waals surface area contributed by atoms with Gasteiger partial charge >= 0.3 is 17.8 Å². The number of rotatable bonds is 6. The first kappa shape index (κ1) is 32.2. The van der Waals surface area contributed by atoms with E-state index in [0.29, 0.717) is 29.7 Å². The number of esters is 1. The summed E-state index contributed by atoms with van der Waals surface area (Å²) in [5.41, 5.74) is 0.366. The lowest BCUT2D eigenvalue weighted by Gasteiger charge is -2.36. The molecule has 0 bridgehead atoms. The second kappa shape index (κ2) is 12.6. The highest BCUT2D eigenvalue weighted by Crippen LogP contribution is 2.43. The average molecular weight is 692 g/mol. The smallest absolute Gasteiger partial charge is 0.416 e. The van der Waals surface area contributed by atoms with Gasteiger partial charge in [0, 0.05) is 29.3 Å². The van der Waals surface area contributed by atoms with Gasteiger partial charge in [-0.25, -0.2) is 23.8 Å². The van der Waals surface area contributed by atoms with Crippen molar-refractivity contribution >= 4 is 28.4 Å². The number of nitrogens with zero attached hydrogens (tertiary/aromatic N) is 5. The number of anilines is 2. The normalized spacial score (nSPS) is 14.4. The molecule has 13 heteroatoms. The summed E-state index contributed by atoms with van der Waals surface area (Å²) in [6.45, 7) is 2.08. The molecular weight excluding hydrogens is 665 g/mol. The van der Waals surface area contributed by atoms with Crippen LogP contribution in [0.15, 0.2) is 101 Å². The molecule has 0 fully saturated rings. The maximum absolute atomic E-state index is 13.6. The van der Waals surface area contributed by atoms with Gasteiger partial charge in [-0.15, -0.1) is 5.10 Å². The van der Waals surface area contributed by atoms with Crippen LogP contribution in [0.3, 0.4) is 0 Å². The molecule has 6 rings (SSSR count). The number of nitriles is 1. The number of hydrogen-bond acceptors (Lipinski definition) is 6. The quantitative estimate of drug-likeness (QED) is 0.217. The zero-order valence-electron chi connectivity index (χ0n) is 24.5. The number of benzene rings is 3. The standard InChI is InChI=1S/C33H25F3N6O3.BrH/c1-20-28(30(43)45-2)29(42-31(38-39-32(42)44)41(20)26-9-5-8-25(17-26)33(34,35)36)27-11-10-21(18-37)16-23(27)13-15-40-14-12-22-6-3-4-7-24(22)19-40;/h3-12,14,16-17,19,29H,13,15H2,1-2H3;1H/t29-;/m1./s1. The molecule has 1 N–H and O–H groups in total. The minimum atomic E-state index is -4.62. The third-order valence-electron chi connectivity index (χ3n) is 7.93. The van der Waals surface area contributed by atoms with E-state index in [0.717, 1.165) is 22.9 Å². The van der Waals surface area contributed by atoms with Crippen LogP contribution < -0.4 is 32.1 Å². The maximum Gasteiger partial charge on any atom is 0.416 e. The first-order valence-electron chi connectivity index (χ1n) is 13.9. The third kappa shape index (κ3) is 5.79. The summed E-state index contributed by atoms with van der Waals surface area (Å²) in [6, 6.07) is 20.6. The molecule has 0 radical (unpaired) electrons. The molecular formula is C33H26BrF3N6O3. The molecule has 0 saturated carbocycles. The number of halogens is 4. The van der Waals surface area contributed by atoms with Crippen molar-refractivity contribution in [3.05, 3.63) is 129 Å². The summed E-state index contributed by atoms with van der Waals surface area (Å²) in [4.78, 5) is 28.1. The Hall–Kier alpha value is -5.22. The number of H-pyrrole nitrogens is 1. The van der Waals surface area contributed by atoms with E-state index in [9.17, 15) is 28.0 Å². The van der Waals surface area contributed by atoms with E-state index in [1.165, 1.54) is 28.7 Å². The van der Waals surface area contributed by atoms with Crippen molar-refractivity contribution in [1.82, 2.24) is 14.8 Å². The Kier molecular flexibility index (Phi) is 8.85. The molecule has 234 valence electrons. The summed E-state index contributed by atoms with van der Waals surface area (Å²) < 4.78 is 49.3. The molecule has 0 amide bonds. The number of pyridine rings is 1. The van der Waals surface area contributed by atoms with E-state index >= 15 is 0 Å². The van der Waals surface area contributed by atoms with Crippen molar-refractivity contribution in [2.75, 3.05) is 12.0 Å². The number of carbonyl (C=O) groups excluding carboxylic acids is 1. The van der Waals surface area contributed by atoms with E-state index in [1.54, 1.807) is 25.1 Å². The first-order chi connectivity index (χ1) is 21.6. The van der Waals surface area contributed by atoms with E-state index in [4.69, 9.17) is 4.74 Å². The van der Waals surface area contributed by atoms with Crippen LogP contribution >= 0.6 is 0 Å². The van der Waals surface area contributed by atoms with Crippen molar-refractivity contribution in [3.8, 4) is 6.07 Å². The summed E-state index contributed by atoms with van der Waals surface area (Å²) in [5.74, 6) is -0.777. The molecule has 1 atom stereocenters. The largest absolute Gasteiger partial charge is 1.00 e. The highest BCUT2D eigenvalue weighted by molar-refractivity contribution is 5.93. The fourth-order valence-corrected chi connectivity index (χ4v) is 5.80. The Balaban J connectivity index is 0.00000417. The SMILES string of the molecule is COC(=O)C1=C(C)N(c2cccc(C(F)(F)F)c2)c2n[nH]c(=O)n2[C@@H]1c1ccc(C#N)cc1CC[n+]1ccc2ccccc2c1.[Br-]. The molecule has 9 nitrogen and oxygen atoms in total. The van der Waals surface area contributed by atoms with Crippen LogP contribution in [0.2, 0.25) is 0 Å². The summed E-state index contributed by atoms with van der Waals surface area (Å²) in [7, 11) is 1.19. The molecule has 46 heavy (non-hydrogen) atoms. The number of carbonyl (C=O) groups is 1. The molecule has 0 unspecified atom stereocenters. The molecule has 0 aliphatic carbocycles. The van der Waals surface area contributed by atoms with Gasteiger partial charge in [-0.1, -0.05) is 30.3 Å². The van der Waals surface area contributed by atoms with E-state index in [-0.39, 0.29) is 39.9 Å². The van der Waals surface area contributed by atoms with Gasteiger partial charge in [-0.05, 0) is 59.8 Å². The Labute approximate surface area is 271 Å². The van der Waals surface area contributed by atoms with Gasteiger partial charge in [0.2, 0.25) is 5.95 Å². The Morgan fingerprint density at radius 2 is 1.85 bits per heavy atom. The number of alkyl halides is 3. The number of fused-ring (bicyclic) bond motifs is 2. The number of allylic oxidation sites excluding steroid dienone is 1. The molecule has 5 aromatic rings. The minimum Gasteiger partial charge on any atom is -1.00 e. The third-order valence-corrected chi connectivity index (χ3v) is 7.93. The van der Waals surface area contributed by atoms with Gasteiger partial charge in [-0.2, -0.15) is 18.4 Å². The predicted molar refractivity (Wildman–Crippen MR) is 158 cm³/mol. The Morgan fingerprint density at radius 1 is 1.09 bits per heavy atom. The number of aryl methyl sites for hydroxylation is 2. The number of methoxy groups -OCH3 is 1. The van der Waals surface area contributed by atoms with E-state index < -0.39 is 29.4 Å². The second-order valence-corrected chi connectivity index (χ2v) is 10.6. The van der Waals surface area contributed by atoms with Gasteiger partial charge in [-0.3, -0.25) is 4.90 Å². The summed E-state index contributed by atoms with van der Waals surface area (Å²) in [5, 5.41) is 18.4. The molecule has 2 aromatic heterocycles. The highest BCUT2D eigenvalue weighted by Gasteiger charge is 2.41. The fourth-order valence-electron chi connectivity index (χ4n) is 5.80. The van der Waals surface area contributed by atoms with Gasteiger partial charge in [0.1, 0.15) is 6.04 Å². The lowest BCUT2D eigenvalue weighted by molar-refractivity contribution is -0.695. The van der Waals surface area contributed by atoms with Crippen LogP contribution in [0.5, 0.6) is 0 Å². The number of aromatic nitrogens is 4. The number of hydrogen-bond donors (Lipinski definition) is 1. The topological polar surface area (TPSA) is 108 Å². The lowest BCUT2D eigenvalue weighted by atomic mass is 9.89. The molecule has 1 aliphatic rings. The van der Waals surface area contributed by atoms with Crippen molar-refractivity contribution in [2.24, 2.45) is 0 Å². The second-order valence-electron chi connectivity index (χ2n) is 10.6. The van der Waals surface area contributed by atoms with Crippen molar-refractivity contribution < 1.29 is 44.3 Å². The van der Waals surface area contributed by atoms with Crippen LogP contribution in [0.1, 0.15) is 35.2 Å². The molecule has 0 saturated heterocycles.